The standard InChI is InChI=1S/C22H29N3O3/c1-16-20(27-2)13-17(14-21(16)28-3)22(26)25(15-18-7-4-5-11-24-18)19-8-6-10-23-12-9-19/h4-5,7,11,13-14,19,23H,6,8-10,12,15H2,1-3H3. The van der Waals surface area contributed by atoms with Crippen LogP contribution in [0.2, 0.25) is 0 Å². The van der Waals surface area contributed by atoms with Gasteiger partial charge in [0.1, 0.15) is 11.5 Å². The second-order valence-corrected chi connectivity index (χ2v) is 7.09. The molecule has 2 aromatic rings. The smallest absolute Gasteiger partial charge is 0.254 e. The van der Waals surface area contributed by atoms with Gasteiger partial charge in [-0.25, -0.2) is 0 Å². The molecule has 0 spiro atoms. The largest absolute Gasteiger partial charge is 0.496 e. The van der Waals surface area contributed by atoms with Crippen LogP contribution in [0.1, 0.15) is 40.9 Å². The number of rotatable bonds is 6. The number of ether oxygens (including phenoxy) is 2. The first kappa shape index (κ1) is 20.1. The number of methoxy groups -OCH3 is 2. The Labute approximate surface area is 166 Å². The lowest BCUT2D eigenvalue weighted by molar-refractivity contribution is 0.0641. The fourth-order valence-corrected chi connectivity index (χ4v) is 3.72. The Morgan fingerprint density at radius 2 is 1.93 bits per heavy atom. The predicted molar refractivity (Wildman–Crippen MR) is 109 cm³/mol. The van der Waals surface area contributed by atoms with Crippen LogP contribution in [-0.4, -0.2) is 49.1 Å². The third kappa shape index (κ3) is 4.62. The summed E-state index contributed by atoms with van der Waals surface area (Å²) in [5.41, 5.74) is 2.35. The molecule has 150 valence electrons. The highest BCUT2D eigenvalue weighted by Crippen LogP contribution is 2.31. The summed E-state index contributed by atoms with van der Waals surface area (Å²) in [4.78, 5) is 20.0. The number of pyridine rings is 1. The van der Waals surface area contributed by atoms with Crippen LogP contribution in [0.4, 0.5) is 0 Å². The van der Waals surface area contributed by atoms with E-state index >= 15 is 0 Å². The second-order valence-electron chi connectivity index (χ2n) is 7.09. The maximum Gasteiger partial charge on any atom is 0.254 e. The molecule has 28 heavy (non-hydrogen) atoms. The van der Waals surface area contributed by atoms with Crippen molar-refractivity contribution in [3.05, 3.63) is 53.3 Å². The third-order valence-electron chi connectivity index (χ3n) is 5.30. The van der Waals surface area contributed by atoms with Crippen molar-refractivity contribution in [2.75, 3.05) is 27.3 Å². The zero-order valence-electron chi connectivity index (χ0n) is 16.9. The number of aromatic nitrogens is 1. The average molecular weight is 383 g/mol. The molecular formula is C22H29N3O3. The van der Waals surface area contributed by atoms with Crippen molar-refractivity contribution in [1.29, 1.82) is 0 Å². The first-order valence-corrected chi connectivity index (χ1v) is 9.78. The molecule has 1 unspecified atom stereocenters. The van der Waals surface area contributed by atoms with E-state index in [-0.39, 0.29) is 11.9 Å². The Kier molecular flexibility index (Phi) is 6.87. The molecule has 0 saturated carbocycles. The summed E-state index contributed by atoms with van der Waals surface area (Å²) in [6.07, 6.45) is 4.73. The van der Waals surface area contributed by atoms with Crippen molar-refractivity contribution >= 4 is 5.91 Å². The Morgan fingerprint density at radius 3 is 2.57 bits per heavy atom. The summed E-state index contributed by atoms with van der Waals surface area (Å²) < 4.78 is 10.9. The molecule has 3 rings (SSSR count). The first-order chi connectivity index (χ1) is 13.6. The van der Waals surface area contributed by atoms with Crippen LogP contribution < -0.4 is 14.8 Å². The quantitative estimate of drug-likeness (QED) is 0.830. The minimum absolute atomic E-state index is 0.0193. The van der Waals surface area contributed by atoms with E-state index in [2.05, 4.69) is 10.3 Å². The minimum Gasteiger partial charge on any atom is -0.496 e. The van der Waals surface area contributed by atoms with Crippen molar-refractivity contribution in [1.82, 2.24) is 15.2 Å². The Morgan fingerprint density at radius 1 is 1.18 bits per heavy atom. The predicted octanol–water partition coefficient (Wildman–Crippen LogP) is 3.19. The summed E-state index contributed by atoms with van der Waals surface area (Å²) in [5.74, 6) is 1.29. The number of carbonyl (C=O) groups excluding carboxylic acids is 1. The van der Waals surface area contributed by atoms with Gasteiger partial charge >= 0.3 is 0 Å². The molecule has 1 atom stereocenters. The van der Waals surface area contributed by atoms with E-state index in [1.807, 2.05) is 30.0 Å². The van der Waals surface area contributed by atoms with Gasteiger partial charge in [-0.3, -0.25) is 9.78 Å². The maximum absolute atomic E-state index is 13.6. The van der Waals surface area contributed by atoms with Crippen LogP contribution in [-0.2, 0) is 6.54 Å². The Bertz CT molecular complexity index is 762. The van der Waals surface area contributed by atoms with Gasteiger partial charge in [-0.2, -0.15) is 0 Å². The fourth-order valence-electron chi connectivity index (χ4n) is 3.72. The molecule has 0 aliphatic carbocycles. The number of hydrogen-bond donors (Lipinski definition) is 1. The zero-order valence-corrected chi connectivity index (χ0v) is 16.9. The number of carbonyl (C=O) groups is 1. The van der Waals surface area contributed by atoms with Crippen LogP contribution in [0.5, 0.6) is 11.5 Å². The fraction of sp³-hybridized carbons (Fsp3) is 0.455. The van der Waals surface area contributed by atoms with Gasteiger partial charge in [0, 0.05) is 23.4 Å². The summed E-state index contributed by atoms with van der Waals surface area (Å²) in [6, 6.07) is 9.59. The summed E-state index contributed by atoms with van der Waals surface area (Å²) in [5, 5.41) is 3.43. The van der Waals surface area contributed by atoms with Crippen molar-refractivity contribution < 1.29 is 14.3 Å². The topological polar surface area (TPSA) is 63.7 Å². The molecule has 0 bridgehead atoms. The van der Waals surface area contributed by atoms with Crippen molar-refractivity contribution in [3.8, 4) is 11.5 Å². The van der Waals surface area contributed by atoms with Gasteiger partial charge < -0.3 is 19.7 Å². The van der Waals surface area contributed by atoms with Gasteiger partial charge in [0.05, 0.1) is 26.5 Å². The van der Waals surface area contributed by atoms with Gasteiger partial charge in [-0.15, -0.1) is 0 Å². The first-order valence-electron chi connectivity index (χ1n) is 9.78. The minimum atomic E-state index is -0.0193. The number of hydrogen-bond acceptors (Lipinski definition) is 5. The van der Waals surface area contributed by atoms with Crippen LogP contribution in [0.3, 0.4) is 0 Å². The number of nitrogens with one attached hydrogen (secondary N) is 1. The van der Waals surface area contributed by atoms with Gasteiger partial charge in [0.15, 0.2) is 0 Å². The number of nitrogens with zero attached hydrogens (tertiary/aromatic N) is 2. The van der Waals surface area contributed by atoms with E-state index in [1.54, 1.807) is 32.5 Å². The van der Waals surface area contributed by atoms with Crippen molar-refractivity contribution in [2.45, 2.75) is 38.8 Å². The van der Waals surface area contributed by atoms with Gasteiger partial charge in [-0.1, -0.05) is 6.07 Å². The summed E-state index contributed by atoms with van der Waals surface area (Å²) in [7, 11) is 3.22. The molecule has 1 amide bonds. The molecule has 0 radical (unpaired) electrons. The molecule has 1 aromatic heterocycles. The van der Waals surface area contributed by atoms with E-state index < -0.39 is 0 Å². The van der Waals surface area contributed by atoms with Crippen molar-refractivity contribution in [3.63, 3.8) is 0 Å². The van der Waals surface area contributed by atoms with Gasteiger partial charge in [0.25, 0.3) is 5.91 Å². The molecule has 1 N–H and O–H groups in total. The molecule has 6 heteroatoms. The number of amides is 1. The molecule has 1 saturated heterocycles. The Balaban J connectivity index is 1.95. The van der Waals surface area contributed by atoms with Crippen LogP contribution in [0.25, 0.3) is 0 Å². The lowest BCUT2D eigenvalue weighted by atomic mass is 10.0. The van der Waals surface area contributed by atoms with Crippen LogP contribution in [0.15, 0.2) is 36.5 Å². The van der Waals surface area contributed by atoms with Crippen molar-refractivity contribution in [2.24, 2.45) is 0 Å². The zero-order chi connectivity index (χ0) is 19.9. The number of benzene rings is 1. The maximum atomic E-state index is 13.6. The van der Waals surface area contributed by atoms with Crippen LogP contribution in [0, 0.1) is 6.92 Å². The molecule has 2 heterocycles. The SMILES string of the molecule is COc1cc(C(=O)N(Cc2ccccn2)C2CCCNCC2)cc(OC)c1C. The average Bonchev–Trinajstić information content (AvgIpc) is 3.02. The van der Waals surface area contributed by atoms with E-state index in [0.717, 1.165) is 43.6 Å². The van der Waals surface area contributed by atoms with Gasteiger partial charge in [-0.05, 0) is 63.5 Å². The molecule has 1 aliphatic rings. The van der Waals surface area contributed by atoms with E-state index in [4.69, 9.17) is 9.47 Å². The van der Waals surface area contributed by atoms with Crippen LogP contribution >= 0.6 is 0 Å². The lowest BCUT2D eigenvalue weighted by Crippen LogP contribution is -2.40. The van der Waals surface area contributed by atoms with E-state index in [9.17, 15) is 4.79 Å². The van der Waals surface area contributed by atoms with E-state index in [1.165, 1.54) is 0 Å². The summed E-state index contributed by atoms with van der Waals surface area (Å²) in [6.45, 7) is 4.32. The summed E-state index contributed by atoms with van der Waals surface area (Å²) >= 11 is 0. The highest BCUT2D eigenvalue weighted by molar-refractivity contribution is 5.95. The molecule has 1 fully saturated rings. The highest BCUT2D eigenvalue weighted by Gasteiger charge is 2.27. The molecular weight excluding hydrogens is 354 g/mol. The molecule has 1 aromatic carbocycles. The monoisotopic (exact) mass is 383 g/mol. The molecule has 6 nitrogen and oxygen atoms in total. The highest BCUT2D eigenvalue weighted by atomic mass is 16.5. The second kappa shape index (κ2) is 9.55. The van der Waals surface area contributed by atoms with Gasteiger partial charge in [0.2, 0.25) is 0 Å². The Hall–Kier alpha value is -2.60. The lowest BCUT2D eigenvalue weighted by Gasteiger charge is -2.31. The molecule has 1 aliphatic heterocycles. The third-order valence-corrected chi connectivity index (χ3v) is 5.30. The van der Waals surface area contributed by atoms with E-state index in [0.29, 0.717) is 23.6 Å². The normalized spacial score (nSPS) is 16.9.